The molecule has 8 heteroatoms. The summed E-state index contributed by atoms with van der Waals surface area (Å²) < 4.78 is 47.2. The largest absolute Gasteiger partial charge is 0.457 e. The molecule has 4 nitrogen and oxygen atoms in total. The van der Waals surface area contributed by atoms with E-state index in [-0.39, 0.29) is 11.4 Å². The predicted molar refractivity (Wildman–Crippen MR) is 112 cm³/mol. The van der Waals surface area contributed by atoms with E-state index in [4.69, 9.17) is 4.42 Å². The van der Waals surface area contributed by atoms with Crippen molar-refractivity contribution in [2.45, 2.75) is 6.18 Å². The zero-order valence-corrected chi connectivity index (χ0v) is 16.8. The van der Waals surface area contributed by atoms with Crippen LogP contribution in [0.15, 0.2) is 81.8 Å². The lowest BCUT2D eigenvalue weighted by Crippen LogP contribution is -2.25. The van der Waals surface area contributed by atoms with Crippen molar-refractivity contribution in [1.29, 1.82) is 0 Å². The summed E-state index contributed by atoms with van der Waals surface area (Å²) in [6.45, 7) is 0. The van der Waals surface area contributed by atoms with Gasteiger partial charge in [0, 0.05) is 9.13 Å². The number of alkyl halides is 3. The zero-order valence-electron chi connectivity index (χ0n) is 14.7. The van der Waals surface area contributed by atoms with Gasteiger partial charge in [-0.15, -0.1) is 0 Å². The van der Waals surface area contributed by atoms with Crippen molar-refractivity contribution in [2.24, 2.45) is 5.10 Å². The quantitative estimate of drug-likeness (QED) is 0.327. The van der Waals surface area contributed by atoms with E-state index in [1.165, 1.54) is 18.2 Å². The number of hydrazone groups is 1. The third-order valence-corrected chi connectivity index (χ3v) is 4.91. The van der Waals surface area contributed by atoms with E-state index in [9.17, 15) is 18.0 Å². The summed E-state index contributed by atoms with van der Waals surface area (Å²) in [5.41, 5.74) is -0.784. The molecule has 0 bridgehead atoms. The first-order valence-corrected chi connectivity index (χ1v) is 9.54. The van der Waals surface area contributed by atoms with Crippen LogP contribution in [-0.2, 0) is 4.79 Å². The molecule has 0 saturated carbocycles. The Morgan fingerprint density at radius 1 is 0.966 bits per heavy atom. The SMILES string of the molecule is O=C1/C(=C\c2ccc(-c3ccc(I)cc3)o2)C(C(F)(F)F)=NN1c1ccccc1. The van der Waals surface area contributed by atoms with Crippen LogP contribution in [0.5, 0.6) is 0 Å². The van der Waals surface area contributed by atoms with Crippen molar-refractivity contribution in [2.75, 3.05) is 5.01 Å². The van der Waals surface area contributed by atoms with E-state index in [0.29, 0.717) is 5.76 Å². The molecule has 0 unspecified atom stereocenters. The Bertz CT molecular complexity index is 1120. The number of halogens is 4. The molecule has 29 heavy (non-hydrogen) atoms. The standard InChI is InChI=1S/C21H12F3IN2O2/c22-21(23,24)19-17(20(28)27(26-19)15-4-2-1-3-5-15)12-16-10-11-18(29-16)13-6-8-14(25)9-7-13/h1-12H/b17-12-. The second-order valence-corrected chi connectivity index (χ2v) is 7.41. The van der Waals surface area contributed by atoms with Gasteiger partial charge in [-0.2, -0.15) is 23.3 Å². The molecule has 1 aliphatic heterocycles. The smallest absolute Gasteiger partial charge is 0.435 e. The molecule has 4 rings (SSSR count). The number of hydrogen-bond acceptors (Lipinski definition) is 3. The molecule has 0 aliphatic carbocycles. The molecule has 0 spiro atoms. The van der Waals surface area contributed by atoms with Crippen LogP contribution in [0.3, 0.4) is 0 Å². The van der Waals surface area contributed by atoms with Gasteiger partial charge >= 0.3 is 6.18 Å². The first kappa shape index (κ1) is 19.4. The monoisotopic (exact) mass is 508 g/mol. The highest BCUT2D eigenvalue weighted by Crippen LogP contribution is 2.33. The minimum absolute atomic E-state index is 0.133. The normalized spacial score (nSPS) is 15.9. The molecule has 146 valence electrons. The van der Waals surface area contributed by atoms with Gasteiger partial charge in [0.25, 0.3) is 5.91 Å². The fourth-order valence-corrected chi connectivity index (χ4v) is 3.20. The van der Waals surface area contributed by atoms with Gasteiger partial charge in [-0.3, -0.25) is 4.79 Å². The van der Waals surface area contributed by atoms with Crippen LogP contribution < -0.4 is 5.01 Å². The number of anilines is 1. The Morgan fingerprint density at radius 2 is 1.66 bits per heavy atom. The first-order valence-electron chi connectivity index (χ1n) is 8.46. The highest BCUT2D eigenvalue weighted by Gasteiger charge is 2.47. The minimum atomic E-state index is -4.78. The molecule has 0 saturated heterocycles. The lowest BCUT2D eigenvalue weighted by molar-refractivity contribution is -0.114. The summed E-state index contributed by atoms with van der Waals surface area (Å²) in [7, 11) is 0. The van der Waals surface area contributed by atoms with Crippen LogP contribution in [0, 0.1) is 3.57 Å². The van der Waals surface area contributed by atoms with Gasteiger partial charge in [-0.05, 0) is 65.1 Å². The van der Waals surface area contributed by atoms with Crippen LogP contribution in [0.4, 0.5) is 18.9 Å². The van der Waals surface area contributed by atoms with Gasteiger partial charge in [-0.1, -0.05) is 30.3 Å². The fraction of sp³-hybridized carbons (Fsp3) is 0.0476. The maximum Gasteiger partial charge on any atom is 0.435 e. The summed E-state index contributed by atoms with van der Waals surface area (Å²) in [6, 6.07) is 18.6. The molecule has 0 fully saturated rings. The van der Waals surface area contributed by atoms with E-state index in [1.807, 2.05) is 24.3 Å². The lowest BCUT2D eigenvalue weighted by Gasteiger charge is -2.10. The number of carbonyl (C=O) groups excluding carboxylic acids is 1. The zero-order chi connectivity index (χ0) is 20.6. The first-order chi connectivity index (χ1) is 13.8. The summed E-state index contributed by atoms with van der Waals surface area (Å²) in [6.07, 6.45) is -3.70. The average Bonchev–Trinajstić information content (AvgIpc) is 3.28. The molecule has 0 N–H and O–H groups in total. The molecule has 1 aromatic heterocycles. The highest BCUT2D eigenvalue weighted by molar-refractivity contribution is 14.1. The predicted octanol–water partition coefficient (Wildman–Crippen LogP) is 5.90. The number of amides is 1. The maximum absolute atomic E-state index is 13.5. The van der Waals surface area contributed by atoms with Crippen LogP contribution in [-0.4, -0.2) is 17.8 Å². The Balaban J connectivity index is 1.71. The van der Waals surface area contributed by atoms with E-state index >= 15 is 0 Å². The average molecular weight is 508 g/mol. The number of carbonyl (C=O) groups is 1. The summed E-state index contributed by atoms with van der Waals surface area (Å²) in [5, 5.41) is 4.28. The molecule has 0 radical (unpaired) electrons. The number of hydrogen-bond donors (Lipinski definition) is 0. The molecular weight excluding hydrogens is 496 g/mol. The Morgan fingerprint density at radius 3 is 2.31 bits per heavy atom. The Kier molecular flexibility index (Phi) is 5.03. The summed E-state index contributed by atoms with van der Waals surface area (Å²) in [4.78, 5) is 12.7. The van der Waals surface area contributed by atoms with Gasteiger partial charge < -0.3 is 4.42 Å². The summed E-state index contributed by atoms with van der Waals surface area (Å²) >= 11 is 2.17. The van der Waals surface area contributed by atoms with Crippen LogP contribution in [0.2, 0.25) is 0 Å². The second-order valence-electron chi connectivity index (χ2n) is 6.17. The maximum atomic E-state index is 13.5. The summed E-state index contributed by atoms with van der Waals surface area (Å²) in [5.74, 6) is -0.242. The fourth-order valence-electron chi connectivity index (χ4n) is 2.84. The number of furan rings is 1. The minimum Gasteiger partial charge on any atom is -0.457 e. The third kappa shape index (κ3) is 3.98. The Labute approximate surface area is 177 Å². The van der Waals surface area contributed by atoms with Crippen molar-refractivity contribution in [3.63, 3.8) is 0 Å². The van der Waals surface area contributed by atoms with Crippen LogP contribution in [0.25, 0.3) is 17.4 Å². The van der Waals surface area contributed by atoms with Gasteiger partial charge in [0.15, 0.2) is 5.71 Å². The number of para-hydroxylation sites is 1. The van der Waals surface area contributed by atoms with Gasteiger partial charge in [0.1, 0.15) is 11.5 Å². The van der Waals surface area contributed by atoms with Crippen LogP contribution >= 0.6 is 22.6 Å². The van der Waals surface area contributed by atoms with Gasteiger partial charge in [0.2, 0.25) is 0 Å². The Hall–Kier alpha value is -2.88. The van der Waals surface area contributed by atoms with Crippen molar-refractivity contribution in [3.8, 4) is 11.3 Å². The molecule has 1 aliphatic rings. The van der Waals surface area contributed by atoms with Crippen molar-refractivity contribution in [3.05, 3.63) is 81.6 Å². The second kappa shape index (κ2) is 7.51. The number of rotatable bonds is 3. The highest BCUT2D eigenvalue weighted by atomic mass is 127. The molecule has 1 amide bonds. The number of nitrogens with zero attached hydrogens (tertiary/aromatic N) is 2. The molecule has 2 heterocycles. The topological polar surface area (TPSA) is 45.8 Å². The number of benzene rings is 2. The van der Waals surface area contributed by atoms with E-state index < -0.39 is 23.4 Å². The van der Waals surface area contributed by atoms with Crippen LogP contribution in [0.1, 0.15) is 5.76 Å². The lowest BCUT2D eigenvalue weighted by atomic mass is 10.1. The van der Waals surface area contributed by atoms with Crippen molar-refractivity contribution in [1.82, 2.24) is 0 Å². The van der Waals surface area contributed by atoms with Gasteiger partial charge in [-0.25, -0.2) is 0 Å². The molecular formula is C21H12F3IN2O2. The van der Waals surface area contributed by atoms with Gasteiger partial charge in [0.05, 0.1) is 11.3 Å². The van der Waals surface area contributed by atoms with E-state index in [2.05, 4.69) is 27.7 Å². The van der Waals surface area contributed by atoms with Crippen molar-refractivity contribution >= 4 is 46.0 Å². The van der Waals surface area contributed by atoms with Crippen molar-refractivity contribution < 1.29 is 22.4 Å². The third-order valence-electron chi connectivity index (χ3n) is 4.19. The van der Waals surface area contributed by atoms with E-state index in [0.717, 1.165) is 20.2 Å². The molecule has 3 aromatic rings. The molecule has 0 atom stereocenters. The molecule has 2 aromatic carbocycles. The van der Waals surface area contributed by atoms with E-state index in [1.54, 1.807) is 24.3 Å².